The summed E-state index contributed by atoms with van der Waals surface area (Å²) in [5, 5.41) is 0. The Labute approximate surface area is 116 Å². The molecule has 10 fully saturated rings. The molecule has 116 valence electrons. The molecule has 0 radical (unpaired) electrons. The predicted octanol–water partition coefficient (Wildman–Crippen LogP) is 5.78. The zero-order valence-electron chi connectivity index (χ0n) is 13.4. The average molecular weight is 326 g/mol. The number of Topliss-reactive ketones (excluding diaryl/α,β-unsaturated/α-hetero) is 1. The number of ketones is 1. The van der Waals surface area contributed by atoms with E-state index in [4.69, 9.17) is 0 Å². The van der Waals surface area contributed by atoms with E-state index in [1.54, 1.807) is 0 Å². The van der Waals surface area contributed by atoms with E-state index in [1.165, 1.54) is 40.1 Å². The van der Waals surface area contributed by atoms with Gasteiger partial charge in [0.25, 0.3) is 0 Å². The summed E-state index contributed by atoms with van der Waals surface area (Å²) < 4.78 is 0.519. The number of hydrogen-bond acceptors (Lipinski definition) is 1. The molecule has 1 spiro atoms. The first-order valence-corrected chi connectivity index (χ1v) is 15.6. The van der Waals surface area contributed by atoms with E-state index in [2.05, 4.69) is 27.7 Å². The fourth-order valence-electron chi connectivity index (χ4n) is 18.5. The second-order valence-corrected chi connectivity index (χ2v) is 37.7. The van der Waals surface area contributed by atoms with E-state index in [0.29, 0.717) is 15.6 Å². The standard InChI is InChI=1S/C14H21O.C5H5.Fe/c1-11(10-14(2,3)4)9-13(15)12-7-5-6-8-12;1-2-4-5-3-1;/h5-8,11H,9-10H2,1-4H3;1-5H;. The zero-order chi connectivity index (χ0) is 14.1. The van der Waals surface area contributed by atoms with Crippen LogP contribution in [0.5, 0.6) is 0 Å². The molecule has 10 rings (SSSR count). The second kappa shape index (κ2) is 0.875. The first-order valence-electron chi connectivity index (χ1n) is 9.31. The molecule has 0 aromatic carbocycles. The van der Waals surface area contributed by atoms with Crippen LogP contribution in [0.1, 0.15) is 40.5 Å². The first-order chi connectivity index (χ1) is 9.57. The Morgan fingerprint density at radius 3 is 1.76 bits per heavy atom. The summed E-state index contributed by atoms with van der Waals surface area (Å²) in [7, 11) is 0. The van der Waals surface area contributed by atoms with Crippen LogP contribution >= 0.6 is 0 Å². The third kappa shape index (κ3) is 0.128. The molecule has 1 nitrogen and oxygen atoms in total. The summed E-state index contributed by atoms with van der Waals surface area (Å²) >= 11 is 0. The third-order valence-corrected chi connectivity index (χ3v) is 59.0. The van der Waals surface area contributed by atoms with Crippen LogP contribution in [0.4, 0.5) is 0 Å². The molecule has 10 heterocycles. The molecular weight excluding hydrogens is 300 g/mol. The number of rotatable bonds is 4. The van der Waals surface area contributed by atoms with E-state index < -0.39 is 6.51 Å². The molecular formula is C19H26FeO. The molecule has 0 bridgehead atoms. The molecule has 5 atom stereocenters. The summed E-state index contributed by atoms with van der Waals surface area (Å²) in [6.45, 7) is 6.22. The molecule has 2 heteroatoms. The van der Waals surface area contributed by atoms with Gasteiger partial charge in [0, 0.05) is 0 Å². The van der Waals surface area contributed by atoms with Crippen molar-refractivity contribution in [2.75, 3.05) is 0 Å². The summed E-state index contributed by atoms with van der Waals surface area (Å²) in [5.74, 6) is 1.49. The molecule has 0 amide bonds. The Hall–Kier alpha value is 0.189. The van der Waals surface area contributed by atoms with Crippen molar-refractivity contribution < 1.29 is 11.3 Å². The van der Waals surface area contributed by atoms with Gasteiger partial charge in [-0.25, -0.2) is 0 Å². The minimum absolute atomic E-state index is 0.384. The van der Waals surface area contributed by atoms with Gasteiger partial charge in [0.1, 0.15) is 0 Å². The van der Waals surface area contributed by atoms with Crippen LogP contribution in [-0.2, 0) is 11.3 Å². The van der Waals surface area contributed by atoms with Gasteiger partial charge in [-0.1, -0.05) is 0 Å². The van der Waals surface area contributed by atoms with Crippen LogP contribution in [-0.4, -0.2) is 5.78 Å². The molecule has 0 aliphatic carbocycles. The Balaban J connectivity index is 1.17. The third-order valence-electron chi connectivity index (χ3n) is 16.6. The van der Waals surface area contributed by atoms with Crippen molar-refractivity contribution in [2.45, 2.75) is 88.2 Å². The number of carbonyl (C=O) groups excluding carboxylic acids is 1. The van der Waals surface area contributed by atoms with Gasteiger partial charge in [0.05, 0.1) is 0 Å². The summed E-state index contributed by atoms with van der Waals surface area (Å²) in [5.41, 5.74) is 0.384. The van der Waals surface area contributed by atoms with E-state index in [-0.39, 0.29) is 0 Å². The molecule has 0 saturated carbocycles. The molecule has 10 aliphatic rings. The maximum atomic E-state index is 13.5. The van der Waals surface area contributed by atoms with Crippen molar-refractivity contribution >= 4 is 5.78 Å². The van der Waals surface area contributed by atoms with Gasteiger partial charge < -0.3 is 0 Å². The van der Waals surface area contributed by atoms with Crippen LogP contribution in [0.2, 0.25) is 47.7 Å². The van der Waals surface area contributed by atoms with Gasteiger partial charge in [0.2, 0.25) is 0 Å². The SMILES string of the molecule is CC(CC(=O)[C]12[CH]3[CH]4[CH]5[CH]1[Fe]45321678[CH]2[CH]1[CH]6[CH]7[CH]28)CC(C)(C)C. The first kappa shape index (κ1) is 9.48. The Bertz CT molecular complexity index is 1010. The van der Waals surface area contributed by atoms with Crippen LogP contribution in [0.25, 0.3) is 0 Å². The van der Waals surface area contributed by atoms with Crippen molar-refractivity contribution in [2.24, 2.45) is 11.3 Å². The van der Waals surface area contributed by atoms with Crippen molar-refractivity contribution in [1.82, 2.24) is 0 Å². The van der Waals surface area contributed by atoms with Crippen LogP contribution in [0.3, 0.4) is 0 Å². The van der Waals surface area contributed by atoms with Crippen molar-refractivity contribution in [3.05, 3.63) is 0 Å². The van der Waals surface area contributed by atoms with Crippen LogP contribution < -0.4 is 0 Å². The topological polar surface area (TPSA) is 17.1 Å². The van der Waals surface area contributed by atoms with Gasteiger partial charge >= 0.3 is 117 Å². The van der Waals surface area contributed by atoms with Crippen LogP contribution in [0.15, 0.2) is 0 Å². The molecule has 0 aromatic rings. The molecule has 0 N–H and O–H groups in total. The summed E-state index contributed by atoms with van der Waals surface area (Å²) in [6.07, 6.45) is 2.19. The van der Waals surface area contributed by atoms with Gasteiger partial charge in [-0.15, -0.1) is 0 Å². The Kier molecular flexibility index (Phi) is 0.395. The number of fused-ring (bicyclic) bond motifs is 10. The van der Waals surface area contributed by atoms with E-state index in [0.717, 1.165) is 21.8 Å². The van der Waals surface area contributed by atoms with Gasteiger partial charge in [-0.3, -0.25) is 0 Å². The van der Waals surface area contributed by atoms with Crippen LogP contribution in [0, 0.1) is 11.3 Å². The van der Waals surface area contributed by atoms with Gasteiger partial charge in [-0.05, 0) is 0 Å². The predicted molar refractivity (Wildman–Crippen MR) is 79.3 cm³/mol. The summed E-state index contributed by atoms with van der Waals surface area (Å²) in [4.78, 5) is 25.0. The minimum atomic E-state index is -3.13. The van der Waals surface area contributed by atoms with E-state index >= 15 is 0 Å². The Morgan fingerprint density at radius 1 is 1.00 bits per heavy atom. The zero-order valence-corrected chi connectivity index (χ0v) is 14.6. The number of hydrogen-bond donors (Lipinski definition) is 0. The monoisotopic (exact) mass is 326 g/mol. The van der Waals surface area contributed by atoms with E-state index in [9.17, 15) is 4.79 Å². The number of carbonyl (C=O) groups is 1. The second-order valence-electron chi connectivity index (χ2n) is 14.2. The molecule has 5 unspecified atom stereocenters. The molecule has 10 saturated heterocycles. The Morgan fingerprint density at radius 2 is 1.48 bits per heavy atom. The van der Waals surface area contributed by atoms with Crippen molar-refractivity contribution in [3.8, 4) is 0 Å². The normalized spacial score (nSPS) is 101. The van der Waals surface area contributed by atoms with E-state index in [1.807, 2.05) is 0 Å². The van der Waals surface area contributed by atoms with Crippen molar-refractivity contribution in [3.63, 3.8) is 0 Å². The van der Waals surface area contributed by atoms with Gasteiger partial charge in [0.15, 0.2) is 0 Å². The fraction of sp³-hybridized carbons (Fsp3) is 0.947. The molecule has 10 aliphatic heterocycles. The molecule has 21 heavy (non-hydrogen) atoms. The quantitative estimate of drug-likeness (QED) is 0.599. The van der Waals surface area contributed by atoms with Gasteiger partial charge in [-0.2, -0.15) is 0 Å². The molecule has 0 aromatic heterocycles. The average Bonchev–Trinajstić information content (AvgIpc) is 3.30. The maximum absolute atomic E-state index is 13.5. The van der Waals surface area contributed by atoms with Crippen molar-refractivity contribution in [1.29, 1.82) is 0 Å². The summed E-state index contributed by atoms with van der Waals surface area (Å²) in [6, 6.07) is 0. The fourth-order valence-corrected chi connectivity index (χ4v) is 92.7.